The second-order valence-electron chi connectivity index (χ2n) is 6.40. The number of likely N-dealkylation sites (N-methyl/N-ethyl adjacent to an activating group) is 1. The van der Waals surface area contributed by atoms with Gasteiger partial charge in [0, 0.05) is 23.6 Å². The lowest BCUT2D eigenvalue weighted by Crippen LogP contribution is -2.15. The van der Waals surface area contributed by atoms with Crippen LogP contribution in [0.2, 0.25) is 0 Å². The lowest BCUT2D eigenvalue weighted by atomic mass is 10.1. The van der Waals surface area contributed by atoms with Gasteiger partial charge in [0.05, 0.1) is 4.90 Å². The van der Waals surface area contributed by atoms with Crippen molar-refractivity contribution in [2.75, 3.05) is 20.6 Å². The first-order valence-electron chi connectivity index (χ1n) is 8.06. The van der Waals surface area contributed by atoms with E-state index in [4.69, 9.17) is 0 Å². The Labute approximate surface area is 159 Å². The maximum absolute atomic E-state index is 13.7. The summed E-state index contributed by atoms with van der Waals surface area (Å²) in [5.41, 5.74) is 1.68. The van der Waals surface area contributed by atoms with E-state index in [1.165, 1.54) is 12.1 Å². The van der Waals surface area contributed by atoms with Crippen LogP contribution in [0.4, 0.5) is 4.39 Å². The highest BCUT2D eigenvalue weighted by Gasteiger charge is 2.18. The Morgan fingerprint density at radius 1 is 1.08 bits per heavy atom. The molecule has 0 saturated heterocycles. The van der Waals surface area contributed by atoms with Gasteiger partial charge in [-0.05, 0) is 56.4 Å². The number of benzene rings is 2. The molecular formula is C19H22ClFN2O2S. The van der Waals surface area contributed by atoms with E-state index in [0.717, 1.165) is 29.4 Å². The summed E-state index contributed by atoms with van der Waals surface area (Å²) < 4.78 is 40.8. The Balaban J connectivity index is 0.00000243. The molecule has 0 radical (unpaired) electrons. The molecule has 1 aromatic heterocycles. The molecule has 0 aliphatic heterocycles. The van der Waals surface area contributed by atoms with E-state index in [1.807, 2.05) is 25.2 Å². The van der Waals surface area contributed by atoms with E-state index in [0.29, 0.717) is 0 Å². The average molecular weight is 397 g/mol. The van der Waals surface area contributed by atoms with Crippen LogP contribution in [0.1, 0.15) is 5.56 Å². The van der Waals surface area contributed by atoms with Gasteiger partial charge in [-0.1, -0.05) is 18.2 Å². The lowest BCUT2D eigenvalue weighted by Gasteiger charge is -2.08. The molecule has 0 amide bonds. The molecule has 0 saturated carbocycles. The number of halogens is 2. The van der Waals surface area contributed by atoms with Crippen molar-refractivity contribution in [2.24, 2.45) is 0 Å². The molecule has 4 nitrogen and oxygen atoms in total. The van der Waals surface area contributed by atoms with Crippen LogP contribution >= 0.6 is 12.4 Å². The van der Waals surface area contributed by atoms with Crippen LogP contribution in [0.25, 0.3) is 10.9 Å². The number of nitrogens with zero attached hydrogens (tertiary/aromatic N) is 2. The molecular weight excluding hydrogens is 375 g/mol. The maximum Gasteiger partial charge on any atom is 0.196 e. The van der Waals surface area contributed by atoms with Crippen molar-refractivity contribution in [3.05, 3.63) is 66.1 Å². The SMILES string of the molecule is CN(C)CCc1cn(CS(=O)(=O)c2ccccc2)c2ccc(F)cc12.Cl. The first-order valence-corrected chi connectivity index (χ1v) is 9.72. The molecule has 0 bridgehead atoms. The van der Waals surface area contributed by atoms with Crippen LogP contribution in [0, 0.1) is 5.82 Å². The van der Waals surface area contributed by atoms with Gasteiger partial charge in [0.1, 0.15) is 11.7 Å². The van der Waals surface area contributed by atoms with E-state index >= 15 is 0 Å². The molecule has 0 fully saturated rings. The van der Waals surface area contributed by atoms with Crippen molar-refractivity contribution in [1.29, 1.82) is 0 Å². The normalized spacial score (nSPS) is 11.7. The van der Waals surface area contributed by atoms with Crippen LogP contribution in [-0.2, 0) is 22.1 Å². The van der Waals surface area contributed by atoms with E-state index in [-0.39, 0.29) is 29.0 Å². The summed E-state index contributed by atoms with van der Waals surface area (Å²) in [5, 5.41) is 0.769. The van der Waals surface area contributed by atoms with Crippen LogP contribution < -0.4 is 0 Å². The molecule has 2 aromatic carbocycles. The van der Waals surface area contributed by atoms with Gasteiger partial charge in [-0.25, -0.2) is 12.8 Å². The average Bonchev–Trinajstić information content (AvgIpc) is 2.90. The van der Waals surface area contributed by atoms with Gasteiger partial charge in [0.15, 0.2) is 9.84 Å². The molecule has 3 rings (SSSR count). The Hall–Kier alpha value is -1.89. The fourth-order valence-electron chi connectivity index (χ4n) is 2.88. The Bertz CT molecular complexity index is 985. The summed E-state index contributed by atoms with van der Waals surface area (Å²) in [6, 6.07) is 12.9. The molecule has 0 atom stereocenters. The maximum atomic E-state index is 13.7. The fourth-order valence-corrected chi connectivity index (χ4v) is 4.18. The van der Waals surface area contributed by atoms with E-state index in [1.54, 1.807) is 41.0 Å². The number of sulfone groups is 1. The number of fused-ring (bicyclic) bond motifs is 1. The number of hydrogen-bond donors (Lipinski definition) is 0. The minimum Gasteiger partial charge on any atom is -0.332 e. The van der Waals surface area contributed by atoms with Crippen molar-refractivity contribution in [3.8, 4) is 0 Å². The molecule has 0 aliphatic carbocycles. The summed E-state index contributed by atoms with van der Waals surface area (Å²) in [6.07, 6.45) is 2.55. The van der Waals surface area contributed by atoms with Crippen molar-refractivity contribution < 1.29 is 12.8 Å². The minimum atomic E-state index is -3.47. The fraction of sp³-hybridized carbons (Fsp3) is 0.263. The zero-order valence-electron chi connectivity index (χ0n) is 14.7. The van der Waals surface area contributed by atoms with E-state index in [2.05, 4.69) is 0 Å². The smallest absolute Gasteiger partial charge is 0.196 e. The summed E-state index contributed by atoms with van der Waals surface area (Å²) in [4.78, 5) is 2.33. The molecule has 1 heterocycles. The number of hydrogen-bond acceptors (Lipinski definition) is 3. The number of aromatic nitrogens is 1. The van der Waals surface area contributed by atoms with Crippen LogP contribution in [0.5, 0.6) is 0 Å². The second-order valence-corrected chi connectivity index (χ2v) is 8.35. The molecule has 140 valence electrons. The molecule has 0 unspecified atom stereocenters. The number of rotatable bonds is 6. The first-order chi connectivity index (χ1) is 11.9. The highest BCUT2D eigenvalue weighted by molar-refractivity contribution is 7.90. The second kappa shape index (κ2) is 8.20. The van der Waals surface area contributed by atoms with Gasteiger partial charge >= 0.3 is 0 Å². The topological polar surface area (TPSA) is 42.3 Å². The Morgan fingerprint density at radius 3 is 2.42 bits per heavy atom. The molecule has 0 spiro atoms. The monoisotopic (exact) mass is 396 g/mol. The van der Waals surface area contributed by atoms with Crippen molar-refractivity contribution >= 4 is 33.1 Å². The summed E-state index contributed by atoms with van der Waals surface area (Å²) >= 11 is 0. The molecule has 0 N–H and O–H groups in total. The van der Waals surface area contributed by atoms with Gasteiger partial charge in [-0.2, -0.15) is 0 Å². The van der Waals surface area contributed by atoms with Crippen LogP contribution in [0.3, 0.4) is 0 Å². The van der Waals surface area contributed by atoms with Crippen LogP contribution in [-0.4, -0.2) is 38.5 Å². The Kier molecular flexibility index (Phi) is 6.44. The van der Waals surface area contributed by atoms with Gasteiger partial charge in [-0.15, -0.1) is 12.4 Å². The third-order valence-electron chi connectivity index (χ3n) is 4.17. The Morgan fingerprint density at radius 2 is 1.77 bits per heavy atom. The molecule has 3 aromatic rings. The summed E-state index contributed by atoms with van der Waals surface area (Å²) in [6.45, 7) is 0.807. The van der Waals surface area contributed by atoms with Crippen molar-refractivity contribution in [1.82, 2.24) is 9.47 Å². The standard InChI is InChI=1S/C19H21FN2O2S.ClH/c1-21(2)11-10-15-13-22(19-9-8-16(20)12-18(15)19)14-25(23,24)17-6-4-3-5-7-17;/h3-9,12-13H,10-11,14H2,1-2H3;1H. The molecule has 26 heavy (non-hydrogen) atoms. The summed E-state index contributed by atoms with van der Waals surface area (Å²) in [5.74, 6) is -0.483. The van der Waals surface area contributed by atoms with E-state index in [9.17, 15) is 12.8 Å². The zero-order chi connectivity index (χ0) is 18.0. The summed E-state index contributed by atoms with van der Waals surface area (Å²) in [7, 11) is 0.470. The largest absolute Gasteiger partial charge is 0.332 e. The third kappa shape index (κ3) is 4.44. The van der Waals surface area contributed by atoms with E-state index < -0.39 is 9.84 Å². The highest BCUT2D eigenvalue weighted by Crippen LogP contribution is 2.25. The van der Waals surface area contributed by atoms with Gasteiger partial charge < -0.3 is 9.47 Å². The van der Waals surface area contributed by atoms with Gasteiger partial charge in [0.25, 0.3) is 0 Å². The predicted octanol–water partition coefficient (Wildman–Crippen LogP) is 3.74. The van der Waals surface area contributed by atoms with Gasteiger partial charge in [0.2, 0.25) is 0 Å². The zero-order valence-corrected chi connectivity index (χ0v) is 16.4. The minimum absolute atomic E-state index is 0. The van der Waals surface area contributed by atoms with Crippen molar-refractivity contribution in [3.63, 3.8) is 0 Å². The predicted molar refractivity (Wildman–Crippen MR) is 105 cm³/mol. The quantitative estimate of drug-likeness (QED) is 0.637. The van der Waals surface area contributed by atoms with Crippen molar-refractivity contribution in [2.45, 2.75) is 17.2 Å². The first kappa shape index (κ1) is 20.4. The van der Waals surface area contributed by atoms with Gasteiger partial charge in [-0.3, -0.25) is 0 Å². The lowest BCUT2D eigenvalue weighted by molar-refractivity contribution is 0.414. The molecule has 0 aliphatic rings. The van der Waals surface area contributed by atoms with Crippen LogP contribution in [0.15, 0.2) is 59.6 Å². The third-order valence-corrected chi connectivity index (χ3v) is 5.77. The molecule has 7 heteroatoms. The highest BCUT2D eigenvalue weighted by atomic mass is 35.5.